The van der Waals surface area contributed by atoms with Crippen molar-refractivity contribution >= 4 is 33.2 Å². The molecule has 5 nitrogen and oxygen atoms in total. The van der Waals surface area contributed by atoms with Crippen LogP contribution in [0.4, 0.5) is 5.69 Å². The van der Waals surface area contributed by atoms with E-state index in [-0.39, 0.29) is 11.9 Å². The van der Waals surface area contributed by atoms with E-state index in [0.717, 1.165) is 32.8 Å². The third kappa shape index (κ3) is 5.06. The van der Waals surface area contributed by atoms with Crippen LogP contribution in [0.15, 0.2) is 36.4 Å². The van der Waals surface area contributed by atoms with Crippen molar-refractivity contribution in [3.8, 4) is 0 Å². The molecule has 0 fully saturated rings. The number of nitrogens with zero attached hydrogens (tertiary/aromatic N) is 1. The lowest BCUT2D eigenvalue weighted by Crippen LogP contribution is -2.48. The van der Waals surface area contributed by atoms with Gasteiger partial charge in [-0.05, 0) is 63.4 Å². The fourth-order valence-electron chi connectivity index (χ4n) is 3.17. The standard InChI is InChI=1S/C21H27ClN2O3S/c1-13-7-8-14(2)19(11-13)16(4)23-21(25)17(5)24(28(6,26)27)18-10-9-15(3)20(22)12-18/h7-12,16-17H,1-6H3,(H,23,25). The zero-order valence-electron chi connectivity index (χ0n) is 17.1. The van der Waals surface area contributed by atoms with Gasteiger partial charge in [-0.2, -0.15) is 0 Å². The number of amides is 1. The third-order valence-corrected chi connectivity index (χ3v) is 6.41. The zero-order chi connectivity index (χ0) is 21.2. The summed E-state index contributed by atoms with van der Waals surface area (Å²) in [4.78, 5) is 12.9. The number of sulfonamides is 1. The van der Waals surface area contributed by atoms with Crippen LogP contribution in [-0.4, -0.2) is 26.6 Å². The van der Waals surface area contributed by atoms with Crippen LogP contribution in [0.5, 0.6) is 0 Å². The summed E-state index contributed by atoms with van der Waals surface area (Å²) in [5.74, 6) is -0.379. The molecule has 0 aliphatic rings. The number of nitrogens with one attached hydrogen (secondary N) is 1. The number of hydrogen-bond acceptors (Lipinski definition) is 3. The Bertz CT molecular complexity index is 989. The van der Waals surface area contributed by atoms with Gasteiger partial charge in [0.2, 0.25) is 15.9 Å². The minimum absolute atomic E-state index is 0.252. The maximum absolute atomic E-state index is 12.9. The van der Waals surface area contributed by atoms with Gasteiger partial charge in [0.1, 0.15) is 6.04 Å². The Kier molecular flexibility index (Phi) is 6.78. The van der Waals surface area contributed by atoms with Crippen molar-refractivity contribution < 1.29 is 13.2 Å². The average Bonchev–Trinajstić information content (AvgIpc) is 2.58. The second-order valence-corrected chi connectivity index (χ2v) is 9.53. The van der Waals surface area contributed by atoms with Crippen LogP contribution in [0.1, 0.15) is 42.1 Å². The number of halogens is 1. The number of benzene rings is 2. The van der Waals surface area contributed by atoms with Gasteiger partial charge in [-0.25, -0.2) is 8.42 Å². The monoisotopic (exact) mass is 422 g/mol. The average molecular weight is 423 g/mol. The van der Waals surface area contributed by atoms with Crippen LogP contribution in [0, 0.1) is 20.8 Å². The summed E-state index contributed by atoms with van der Waals surface area (Å²) >= 11 is 6.17. The molecule has 0 saturated carbocycles. The first-order valence-corrected chi connectivity index (χ1v) is 11.3. The molecule has 0 bridgehead atoms. The molecule has 0 radical (unpaired) electrons. The lowest BCUT2D eigenvalue weighted by atomic mass is 10.00. The molecule has 2 rings (SSSR count). The highest BCUT2D eigenvalue weighted by molar-refractivity contribution is 7.92. The number of carbonyl (C=O) groups is 1. The third-order valence-electron chi connectivity index (χ3n) is 4.76. The first-order valence-electron chi connectivity index (χ1n) is 9.05. The van der Waals surface area contributed by atoms with Gasteiger partial charge in [0, 0.05) is 5.02 Å². The second kappa shape index (κ2) is 8.53. The Balaban J connectivity index is 2.31. The summed E-state index contributed by atoms with van der Waals surface area (Å²) < 4.78 is 26.0. The van der Waals surface area contributed by atoms with Gasteiger partial charge in [0.25, 0.3) is 0 Å². The van der Waals surface area contributed by atoms with Crippen molar-refractivity contribution in [2.45, 2.75) is 46.7 Å². The van der Waals surface area contributed by atoms with Gasteiger partial charge in [0.15, 0.2) is 0 Å². The number of anilines is 1. The van der Waals surface area contributed by atoms with Crippen molar-refractivity contribution in [1.29, 1.82) is 0 Å². The van der Waals surface area contributed by atoms with Gasteiger partial charge < -0.3 is 5.32 Å². The number of hydrogen-bond donors (Lipinski definition) is 1. The molecular formula is C21H27ClN2O3S. The Hall–Kier alpha value is -2.05. The minimum Gasteiger partial charge on any atom is -0.348 e. The van der Waals surface area contributed by atoms with Crippen LogP contribution in [-0.2, 0) is 14.8 Å². The number of carbonyl (C=O) groups excluding carboxylic acids is 1. The molecule has 7 heteroatoms. The largest absolute Gasteiger partial charge is 0.348 e. The number of aryl methyl sites for hydroxylation is 3. The normalized spacial score (nSPS) is 13.7. The van der Waals surface area contributed by atoms with E-state index in [1.165, 1.54) is 0 Å². The molecule has 2 atom stereocenters. The molecule has 2 aromatic carbocycles. The molecule has 0 aliphatic carbocycles. The number of rotatable bonds is 6. The molecule has 28 heavy (non-hydrogen) atoms. The summed E-state index contributed by atoms with van der Waals surface area (Å²) in [5, 5.41) is 3.38. The molecule has 152 valence electrons. The molecule has 0 aromatic heterocycles. The molecular weight excluding hydrogens is 396 g/mol. The van der Waals surface area contributed by atoms with Crippen LogP contribution >= 0.6 is 11.6 Å². The van der Waals surface area contributed by atoms with Gasteiger partial charge in [-0.1, -0.05) is 41.4 Å². The molecule has 2 unspecified atom stereocenters. The smallest absolute Gasteiger partial charge is 0.244 e. The van der Waals surface area contributed by atoms with E-state index in [4.69, 9.17) is 11.6 Å². The first kappa shape index (κ1) is 22.2. The highest BCUT2D eigenvalue weighted by Gasteiger charge is 2.30. The molecule has 0 saturated heterocycles. The molecule has 2 aromatic rings. The van der Waals surface area contributed by atoms with Crippen molar-refractivity contribution in [2.24, 2.45) is 0 Å². The lowest BCUT2D eigenvalue weighted by molar-refractivity contribution is -0.122. The van der Waals surface area contributed by atoms with Crippen molar-refractivity contribution in [1.82, 2.24) is 5.32 Å². The van der Waals surface area contributed by atoms with Crippen molar-refractivity contribution in [3.05, 3.63) is 63.7 Å². The zero-order valence-corrected chi connectivity index (χ0v) is 18.6. The summed E-state index contributed by atoms with van der Waals surface area (Å²) in [6.07, 6.45) is 1.08. The predicted octanol–water partition coefficient (Wildman–Crippen LogP) is 4.30. The van der Waals surface area contributed by atoms with E-state index in [9.17, 15) is 13.2 Å². The Labute approximate surface area is 172 Å². The van der Waals surface area contributed by atoms with Crippen LogP contribution in [0.2, 0.25) is 5.02 Å². The summed E-state index contributed by atoms with van der Waals surface area (Å²) in [7, 11) is -3.69. The summed E-state index contributed by atoms with van der Waals surface area (Å²) in [6.45, 7) is 9.27. The summed E-state index contributed by atoms with van der Waals surface area (Å²) in [6, 6.07) is 9.82. The molecule has 1 amide bonds. The van der Waals surface area contributed by atoms with E-state index in [1.807, 2.05) is 45.9 Å². The van der Waals surface area contributed by atoms with Crippen LogP contribution in [0.3, 0.4) is 0 Å². The SMILES string of the molecule is Cc1ccc(C)c(C(C)NC(=O)C(C)N(c2ccc(C)c(Cl)c2)S(C)(=O)=O)c1. The van der Waals surface area contributed by atoms with E-state index in [2.05, 4.69) is 5.32 Å². The minimum atomic E-state index is -3.69. The maximum Gasteiger partial charge on any atom is 0.244 e. The van der Waals surface area contributed by atoms with E-state index in [1.54, 1.807) is 25.1 Å². The van der Waals surface area contributed by atoms with Crippen molar-refractivity contribution in [2.75, 3.05) is 10.6 Å². The highest BCUT2D eigenvalue weighted by atomic mass is 35.5. The Morgan fingerprint density at radius 3 is 2.21 bits per heavy atom. The van der Waals surface area contributed by atoms with Crippen LogP contribution < -0.4 is 9.62 Å². The van der Waals surface area contributed by atoms with Crippen LogP contribution in [0.25, 0.3) is 0 Å². The molecule has 1 N–H and O–H groups in total. The molecule has 0 aliphatic heterocycles. The van der Waals surface area contributed by atoms with E-state index >= 15 is 0 Å². The van der Waals surface area contributed by atoms with Crippen molar-refractivity contribution in [3.63, 3.8) is 0 Å². The summed E-state index contributed by atoms with van der Waals surface area (Å²) in [5.41, 5.74) is 4.36. The van der Waals surface area contributed by atoms with E-state index in [0.29, 0.717) is 10.7 Å². The fourth-order valence-corrected chi connectivity index (χ4v) is 4.51. The van der Waals surface area contributed by atoms with E-state index < -0.39 is 16.1 Å². The van der Waals surface area contributed by atoms with Gasteiger partial charge in [-0.3, -0.25) is 9.10 Å². The topological polar surface area (TPSA) is 66.5 Å². The maximum atomic E-state index is 12.9. The Morgan fingerprint density at radius 2 is 1.64 bits per heavy atom. The van der Waals surface area contributed by atoms with Gasteiger partial charge in [-0.15, -0.1) is 0 Å². The Morgan fingerprint density at radius 1 is 1.04 bits per heavy atom. The van der Waals surface area contributed by atoms with Gasteiger partial charge >= 0.3 is 0 Å². The molecule has 0 spiro atoms. The van der Waals surface area contributed by atoms with Gasteiger partial charge in [0.05, 0.1) is 18.0 Å². The second-order valence-electron chi connectivity index (χ2n) is 7.26. The quantitative estimate of drug-likeness (QED) is 0.754. The molecule has 0 heterocycles. The highest BCUT2D eigenvalue weighted by Crippen LogP contribution is 2.27. The first-order chi connectivity index (χ1) is 12.9. The lowest BCUT2D eigenvalue weighted by Gasteiger charge is -2.30. The predicted molar refractivity (Wildman–Crippen MR) is 115 cm³/mol. The fraction of sp³-hybridized carbons (Fsp3) is 0.381.